The summed E-state index contributed by atoms with van der Waals surface area (Å²) in [4.78, 5) is 7.61. The zero-order valence-corrected chi connectivity index (χ0v) is 7.70. The molecule has 0 aliphatic heterocycles. The van der Waals surface area contributed by atoms with Gasteiger partial charge in [-0.15, -0.1) is 6.58 Å². The van der Waals surface area contributed by atoms with Crippen LogP contribution in [0.25, 0.3) is 0 Å². The van der Waals surface area contributed by atoms with Crippen molar-refractivity contribution in [3.63, 3.8) is 0 Å². The summed E-state index contributed by atoms with van der Waals surface area (Å²) in [6.45, 7) is 4.03. The van der Waals surface area contributed by atoms with Crippen molar-refractivity contribution >= 4 is 11.6 Å². The molecule has 0 bridgehead atoms. The molecule has 0 spiro atoms. The lowest BCUT2D eigenvalue weighted by atomic mass is 10.7. The maximum atomic E-state index is 5.57. The normalized spacial score (nSPS) is 9.62. The van der Waals surface area contributed by atoms with Gasteiger partial charge in [0.05, 0.1) is 24.0 Å². The number of aromatic nitrogens is 2. The van der Waals surface area contributed by atoms with Crippen molar-refractivity contribution in [2.45, 2.75) is 0 Å². The van der Waals surface area contributed by atoms with Crippen LogP contribution in [-0.4, -0.2) is 23.4 Å². The van der Waals surface area contributed by atoms with Gasteiger partial charge in [-0.05, 0) is 0 Å². The molecule has 1 aromatic heterocycles. The first kappa shape index (κ1) is 9.95. The van der Waals surface area contributed by atoms with Gasteiger partial charge in [-0.1, -0.05) is 17.7 Å². The molecule has 0 aliphatic carbocycles. The van der Waals surface area contributed by atoms with Crippen LogP contribution in [0.2, 0.25) is 5.02 Å². The van der Waals surface area contributed by atoms with E-state index in [9.17, 15) is 0 Å². The maximum Gasteiger partial charge on any atom is 0.318 e. The molecule has 0 aromatic carbocycles. The number of hydrogen-bond acceptors (Lipinski definition) is 4. The molecule has 13 heavy (non-hydrogen) atoms. The lowest BCUT2D eigenvalue weighted by molar-refractivity contribution is 0.0247. The Bertz CT molecular complexity index is 263. The lowest BCUT2D eigenvalue weighted by Gasteiger charge is -2.02. The van der Waals surface area contributed by atoms with Crippen LogP contribution in [0.15, 0.2) is 25.0 Å². The summed E-state index contributed by atoms with van der Waals surface area (Å²) >= 11 is 5.57. The fourth-order valence-corrected chi connectivity index (χ4v) is 0.698. The van der Waals surface area contributed by atoms with E-state index in [0.29, 0.717) is 11.6 Å². The molecule has 0 atom stereocenters. The van der Waals surface area contributed by atoms with Crippen molar-refractivity contribution < 1.29 is 9.47 Å². The predicted octanol–water partition coefficient (Wildman–Crippen LogP) is 1.67. The Morgan fingerprint density at radius 3 is 2.77 bits per heavy atom. The van der Waals surface area contributed by atoms with E-state index in [-0.39, 0.29) is 12.8 Å². The second kappa shape index (κ2) is 5.50. The van der Waals surface area contributed by atoms with Crippen LogP contribution in [0.3, 0.4) is 0 Å². The lowest BCUT2D eigenvalue weighted by Crippen LogP contribution is -2.04. The van der Waals surface area contributed by atoms with Gasteiger partial charge in [-0.3, -0.25) is 0 Å². The van der Waals surface area contributed by atoms with Crippen molar-refractivity contribution in [1.82, 2.24) is 9.97 Å². The first-order valence-electron chi connectivity index (χ1n) is 3.62. The zero-order valence-electron chi connectivity index (χ0n) is 6.94. The van der Waals surface area contributed by atoms with Crippen molar-refractivity contribution in [2.24, 2.45) is 0 Å². The molecular formula is C8H9ClN2O2. The van der Waals surface area contributed by atoms with Crippen LogP contribution in [0.1, 0.15) is 0 Å². The van der Waals surface area contributed by atoms with Crippen molar-refractivity contribution in [3.8, 4) is 6.01 Å². The van der Waals surface area contributed by atoms with Crippen molar-refractivity contribution in [1.29, 1.82) is 0 Å². The van der Waals surface area contributed by atoms with Gasteiger partial charge in [0, 0.05) is 0 Å². The average Bonchev–Trinajstić information content (AvgIpc) is 2.15. The van der Waals surface area contributed by atoms with E-state index in [4.69, 9.17) is 21.1 Å². The molecule has 1 rings (SSSR count). The Morgan fingerprint density at radius 1 is 1.46 bits per heavy atom. The molecule has 0 aliphatic rings. The number of ether oxygens (including phenoxy) is 2. The smallest absolute Gasteiger partial charge is 0.318 e. The largest absolute Gasteiger partial charge is 0.436 e. The number of hydrogen-bond donors (Lipinski definition) is 0. The van der Waals surface area contributed by atoms with E-state index in [0.717, 1.165) is 0 Å². The topological polar surface area (TPSA) is 44.2 Å². The summed E-state index contributed by atoms with van der Waals surface area (Å²) in [7, 11) is 0. The first-order valence-corrected chi connectivity index (χ1v) is 3.99. The second-order valence-corrected chi connectivity index (χ2v) is 2.54. The van der Waals surface area contributed by atoms with Crippen LogP contribution in [0, 0.1) is 0 Å². The third kappa shape index (κ3) is 3.87. The van der Waals surface area contributed by atoms with E-state index in [1.807, 2.05) is 0 Å². The summed E-state index contributed by atoms with van der Waals surface area (Å²) in [5, 5.41) is 0.472. The number of nitrogens with zero attached hydrogens (tertiary/aromatic N) is 2. The standard InChI is InChI=1S/C8H9ClN2O2/c1-2-3-12-6-13-8-10-4-7(9)5-11-8/h2,4-5H,1,3,6H2. The van der Waals surface area contributed by atoms with Crippen molar-refractivity contribution in [2.75, 3.05) is 13.4 Å². The Kier molecular flexibility index (Phi) is 4.21. The molecule has 1 aromatic rings. The summed E-state index contributed by atoms with van der Waals surface area (Å²) in [6.07, 6.45) is 4.54. The van der Waals surface area contributed by atoms with Crippen LogP contribution >= 0.6 is 11.6 Å². The third-order valence-electron chi connectivity index (χ3n) is 1.10. The fourth-order valence-electron chi connectivity index (χ4n) is 0.601. The van der Waals surface area contributed by atoms with Gasteiger partial charge >= 0.3 is 6.01 Å². The van der Waals surface area contributed by atoms with Crippen LogP contribution in [-0.2, 0) is 4.74 Å². The quantitative estimate of drug-likeness (QED) is 0.412. The highest BCUT2D eigenvalue weighted by Crippen LogP contribution is 2.06. The molecule has 0 saturated carbocycles. The van der Waals surface area contributed by atoms with E-state index in [1.54, 1.807) is 6.08 Å². The van der Waals surface area contributed by atoms with Gasteiger partial charge in [0.25, 0.3) is 0 Å². The maximum absolute atomic E-state index is 5.57. The van der Waals surface area contributed by atoms with Crippen LogP contribution in [0.4, 0.5) is 0 Å². The van der Waals surface area contributed by atoms with E-state index < -0.39 is 0 Å². The molecule has 0 saturated heterocycles. The van der Waals surface area contributed by atoms with Gasteiger partial charge in [0.15, 0.2) is 6.79 Å². The molecule has 0 fully saturated rings. The van der Waals surface area contributed by atoms with Gasteiger partial charge in [0.1, 0.15) is 0 Å². The molecule has 0 unspecified atom stereocenters. The Morgan fingerprint density at radius 2 is 2.15 bits per heavy atom. The highest BCUT2D eigenvalue weighted by Gasteiger charge is 1.95. The average molecular weight is 201 g/mol. The van der Waals surface area contributed by atoms with E-state index in [2.05, 4.69) is 16.5 Å². The molecule has 5 heteroatoms. The monoisotopic (exact) mass is 200 g/mol. The van der Waals surface area contributed by atoms with Crippen LogP contribution in [0.5, 0.6) is 6.01 Å². The fraction of sp³-hybridized carbons (Fsp3) is 0.250. The summed E-state index contributed by atoms with van der Waals surface area (Å²) in [6, 6.07) is 0.244. The van der Waals surface area contributed by atoms with Gasteiger partial charge < -0.3 is 9.47 Å². The SMILES string of the molecule is C=CCOCOc1ncc(Cl)cn1. The molecule has 0 amide bonds. The minimum atomic E-state index is 0.105. The molecule has 0 N–H and O–H groups in total. The van der Waals surface area contributed by atoms with E-state index in [1.165, 1.54) is 12.4 Å². The Hall–Kier alpha value is -1.13. The number of halogens is 1. The molecule has 4 nitrogen and oxygen atoms in total. The van der Waals surface area contributed by atoms with Crippen LogP contribution < -0.4 is 4.74 Å². The van der Waals surface area contributed by atoms with Crippen molar-refractivity contribution in [3.05, 3.63) is 30.1 Å². The van der Waals surface area contributed by atoms with Gasteiger partial charge in [0.2, 0.25) is 0 Å². The number of rotatable bonds is 5. The second-order valence-electron chi connectivity index (χ2n) is 2.11. The predicted molar refractivity (Wildman–Crippen MR) is 48.7 cm³/mol. The minimum Gasteiger partial charge on any atom is -0.436 e. The first-order chi connectivity index (χ1) is 6.33. The summed E-state index contributed by atoms with van der Waals surface area (Å²) < 4.78 is 9.98. The van der Waals surface area contributed by atoms with Gasteiger partial charge in [-0.25, -0.2) is 9.97 Å². The minimum absolute atomic E-state index is 0.105. The summed E-state index contributed by atoms with van der Waals surface area (Å²) in [5.41, 5.74) is 0. The highest BCUT2D eigenvalue weighted by atomic mass is 35.5. The third-order valence-corrected chi connectivity index (χ3v) is 1.30. The molecular weight excluding hydrogens is 192 g/mol. The molecule has 70 valence electrons. The van der Waals surface area contributed by atoms with E-state index >= 15 is 0 Å². The van der Waals surface area contributed by atoms with Gasteiger partial charge in [-0.2, -0.15) is 0 Å². The Balaban J connectivity index is 2.28. The molecule has 1 heterocycles. The zero-order chi connectivity index (χ0) is 9.52. The molecule has 0 radical (unpaired) electrons. The Labute approximate surface area is 81.2 Å². The summed E-state index contributed by atoms with van der Waals surface area (Å²) in [5.74, 6) is 0. The highest BCUT2D eigenvalue weighted by molar-refractivity contribution is 6.30.